The summed E-state index contributed by atoms with van der Waals surface area (Å²) in [6, 6.07) is 0. The van der Waals surface area contributed by atoms with Gasteiger partial charge < -0.3 is 0 Å². The summed E-state index contributed by atoms with van der Waals surface area (Å²) in [5.74, 6) is 0. The molecule has 0 aromatic rings. The molecule has 0 spiro atoms. The highest BCUT2D eigenvalue weighted by Crippen LogP contribution is 1.92. The number of sulfonamides is 1. The molecular formula is C4H6NO2S+. The van der Waals surface area contributed by atoms with Gasteiger partial charge in [0.1, 0.15) is 0 Å². The van der Waals surface area contributed by atoms with Gasteiger partial charge in [0, 0.05) is 6.20 Å². The Labute approximate surface area is 49.2 Å². The fraction of sp³-hybridized carbons (Fsp3) is 0. The number of hydrogen-bond acceptors (Lipinski definition) is 2. The summed E-state index contributed by atoms with van der Waals surface area (Å²) in [5, 5.41) is 1.10. The molecule has 44 valence electrons. The Morgan fingerprint density at radius 1 is 1.38 bits per heavy atom. The van der Waals surface area contributed by atoms with Crippen LogP contribution in [-0.4, -0.2) is 8.42 Å². The fourth-order valence-electron chi connectivity index (χ4n) is 0.378. The molecule has 0 radical (unpaired) electrons. The van der Waals surface area contributed by atoms with Crippen molar-refractivity contribution in [2.45, 2.75) is 0 Å². The van der Waals surface area contributed by atoms with Crippen molar-refractivity contribution in [3.05, 3.63) is 23.8 Å². The molecule has 3 nitrogen and oxygen atoms in total. The largest absolute Gasteiger partial charge is 1.00 e. The average molecular weight is 132 g/mol. The lowest BCUT2D eigenvalue weighted by atomic mass is 10.6. The number of allylic oxidation sites excluding steroid dienone is 2. The van der Waals surface area contributed by atoms with E-state index in [-0.39, 0.29) is 1.43 Å². The van der Waals surface area contributed by atoms with Crippen LogP contribution < -0.4 is 4.72 Å². The second-order valence-corrected chi connectivity index (χ2v) is 2.95. The topological polar surface area (TPSA) is 46.2 Å². The minimum Gasteiger partial charge on any atom is -0.287 e. The smallest absolute Gasteiger partial charge is 0.287 e. The molecule has 0 aromatic heterocycles. The van der Waals surface area contributed by atoms with Crippen molar-refractivity contribution in [3.8, 4) is 0 Å². The van der Waals surface area contributed by atoms with E-state index in [1.54, 1.807) is 6.08 Å². The third-order valence-corrected chi connectivity index (χ3v) is 1.68. The minimum atomic E-state index is -3.10. The van der Waals surface area contributed by atoms with Crippen LogP contribution in [0.3, 0.4) is 0 Å². The van der Waals surface area contributed by atoms with Crippen molar-refractivity contribution in [3.63, 3.8) is 0 Å². The molecule has 1 aliphatic rings. The zero-order valence-corrected chi connectivity index (χ0v) is 4.85. The molecule has 0 aromatic carbocycles. The average Bonchev–Trinajstić information content (AvgIpc) is 1.65. The van der Waals surface area contributed by atoms with Crippen molar-refractivity contribution in [1.29, 1.82) is 0 Å². The Kier molecular flexibility index (Phi) is 1.09. The van der Waals surface area contributed by atoms with Crippen molar-refractivity contribution in [2.24, 2.45) is 0 Å². The molecule has 1 N–H and O–H groups in total. The van der Waals surface area contributed by atoms with Crippen LogP contribution in [0.15, 0.2) is 23.8 Å². The summed E-state index contributed by atoms with van der Waals surface area (Å²) in [6.45, 7) is 0. The third kappa shape index (κ3) is 1.10. The van der Waals surface area contributed by atoms with Gasteiger partial charge in [-0.15, -0.1) is 0 Å². The zero-order valence-electron chi connectivity index (χ0n) is 5.03. The van der Waals surface area contributed by atoms with E-state index >= 15 is 0 Å². The number of hydrogen-bond donors (Lipinski definition) is 1. The Bertz CT molecular complexity index is 229. The molecule has 1 aliphatic heterocycles. The SMILES string of the molecule is O=S1(=O)C=CC=CN1.[H+]. The zero-order chi connectivity index (χ0) is 6.04. The summed E-state index contributed by atoms with van der Waals surface area (Å²) in [7, 11) is -3.10. The summed E-state index contributed by atoms with van der Waals surface area (Å²) >= 11 is 0. The van der Waals surface area contributed by atoms with Gasteiger partial charge in [0.05, 0.1) is 5.41 Å². The maximum Gasteiger partial charge on any atom is 1.00 e. The van der Waals surface area contributed by atoms with Gasteiger partial charge >= 0.3 is 1.43 Å². The van der Waals surface area contributed by atoms with E-state index in [0.29, 0.717) is 0 Å². The quantitative estimate of drug-likeness (QED) is 0.506. The molecule has 0 atom stereocenters. The Morgan fingerprint density at radius 2 is 2.12 bits per heavy atom. The third-order valence-electron chi connectivity index (χ3n) is 0.697. The van der Waals surface area contributed by atoms with Gasteiger partial charge in [-0.1, -0.05) is 0 Å². The minimum absolute atomic E-state index is 0. The van der Waals surface area contributed by atoms with Gasteiger partial charge in [0.15, 0.2) is 0 Å². The Hall–Kier alpha value is -0.770. The highest BCUT2D eigenvalue weighted by atomic mass is 32.2. The van der Waals surface area contributed by atoms with Crippen LogP contribution in [0.1, 0.15) is 1.43 Å². The molecule has 0 aliphatic carbocycles. The number of nitrogens with one attached hydrogen (secondary N) is 1. The van der Waals surface area contributed by atoms with Gasteiger partial charge in [-0.05, 0) is 12.2 Å². The lowest BCUT2D eigenvalue weighted by Crippen LogP contribution is -2.15. The van der Waals surface area contributed by atoms with Crippen LogP contribution in [0, 0.1) is 0 Å². The summed E-state index contributed by atoms with van der Waals surface area (Å²) < 4.78 is 23.0. The van der Waals surface area contributed by atoms with Gasteiger partial charge in [-0.25, -0.2) is 8.42 Å². The van der Waals surface area contributed by atoms with Crippen LogP contribution in [-0.2, 0) is 10.0 Å². The molecule has 4 heteroatoms. The normalized spacial score (nSPS) is 22.5. The van der Waals surface area contributed by atoms with Crippen molar-refractivity contribution in [2.75, 3.05) is 0 Å². The second kappa shape index (κ2) is 1.63. The van der Waals surface area contributed by atoms with Crippen LogP contribution in [0.4, 0.5) is 0 Å². The molecule has 0 saturated carbocycles. The molecule has 0 amide bonds. The van der Waals surface area contributed by atoms with Gasteiger partial charge in [0.25, 0.3) is 10.0 Å². The lowest BCUT2D eigenvalue weighted by Gasteiger charge is -1.98. The molecule has 0 bridgehead atoms. The van der Waals surface area contributed by atoms with E-state index in [2.05, 4.69) is 4.72 Å². The summed E-state index contributed by atoms with van der Waals surface area (Å²) in [6.07, 6.45) is 4.45. The molecule has 1 rings (SSSR count). The fourth-order valence-corrected chi connectivity index (χ4v) is 1.02. The van der Waals surface area contributed by atoms with Gasteiger partial charge in [0.2, 0.25) is 0 Å². The van der Waals surface area contributed by atoms with E-state index < -0.39 is 10.0 Å². The van der Waals surface area contributed by atoms with Gasteiger partial charge in [-0.2, -0.15) is 0 Å². The van der Waals surface area contributed by atoms with E-state index in [1.807, 2.05) is 0 Å². The van der Waals surface area contributed by atoms with Crippen LogP contribution in [0.2, 0.25) is 0 Å². The van der Waals surface area contributed by atoms with Gasteiger partial charge in [-0.3, -0.25) is 4.72 Å². The van der Waals surface area contributed by atoms with E-state index in [9.17, 15) is 8.42 Å². The molecule has 0 saturated heterocycles. The highest BCUT2D eigenvalue weighted by molar-refractivity contribution is 7.92. The maximum atomic E-state index is 10.4. The summed E-state index contributed by atoms with van der Waals surface area (Å²) in [4.78, 5) is 0. The molecule has 0 unspecified atom stereocenters. The van der Waals surface area contributed by atoms with E-state index in [4.69, 9.17) is 0 Å². The predicted molar refractivity (Wildman–Crippen MR) is 31.4 cm³/mol. The van der Waals surface area contributed by atoms with Crippen molar-refractivity contribution < 1.29 is 9.84 Å². The van der Waals surface area contributed by atoms with Crippen LogP contribution in [0.25, 0.3) is 0 Å². The van der Waals surface area contributed by atoms with Crippen LogP contribution >= 0.6 is 0 Å². The maximum absolute atomic E-state index is 10.4. The van der Waals surface area contributed by atoms with E-state index in [0.717, 1.165) is 5.41 Å². The first-order valence-electron chi connectivity index (χ1n) is 2.06. The Morgan fingerprint density at radius 3 is 2.38 bits per heavy atom. The first-order valence-corrected chi connectivity index (χ1v) is 3.61. The first-order chi connectivity index (χ1) is 3.71. The van der Waals surface area contributed by atoms with Crippen molar-refractivity contribution in [1.82, 2.24) is 4.72 Å². The summed E-state index contributed by atoms with van der Waals surface area (Å²) in [5.41, 5.74) is 0. The first kappa shape index (κ1) is 5.37. The monoisotopic (exact) mass is 132 g/mol. The molecule has 8 heavy (non-hydrogen) atoms. The number of rotatable bonds is 0. The van der Waals surface area contributed by atoms with Crippen molar-refractivity contribution >= 4 is 10.0 Å². The molecule has 0 fully saturated rings. The Balaban J connectivity index is 0.000000640. The standard InChI is InChI=1S/C4H5NO2S/c6-8(7)4-2-1-3-5-8/h1-5H/p+1. The predicted octanol–water partition coefficient (Wildman–Crippen LogP) is 0.0593. The lowest BCUT2D eigenvalue weighted by molar-refractivity contribution is 0.599. The second-order valence-electron chi connectivity index (χ2n) is 1.35. The highest BCUT2D eigenvalue weighted by Gasteiger charge is 2.00. The van der Waals surface area contributed by atoms with E-state index in [1.165, 1.54) is 12.3 Å². The van der Waals surface area contributed by atoms with Crippen LogP contribution in [0.5, 0.6) is 0 Å². The molecule has 1 heterocycles. The molecular weight excluding hydrogens is 126 g/mol.